The molecule has 1 fully saturated rings. The summed E-state index contributed by atoms with van der Waals surface area (Å²) in [6, 6.07) is 7.03. The molecule has 1 atom stereocenters. The second-order valence-electron chi connectivity index (χ2n) is 6.96. The molecule has 0 spiro atoms. The Hall–Kier alpha value is -1.88. The molecule has 0 radical (unpaired) electrons. The predicted molar refractivity (Wildman–Crippen MR) is 87.6 cm³/mol. The van der Waals surface area contributed by atoms with Crippen LogP contribution in [0.5, 0.6) is 0 Å². The van der Waals surface area contributed by atoms with Crippen LogP contribution in [0.15, 0.2) is 24.3 Å². The van der Waals surface area contributed by atoms with Gasteiger partial charge in [-0.1, -0.05) is 32.9 Å². The van der Waals surface area contributed by atoms with E-state index < -0.39 is 5.41 Å². The van der Waals surface area contributed by atoms with Crippen LogP contribution in [-0.2, 0) is 4.79 Å². The van der Waals surface area contributed by atoms with Gasteiger partial charge in [0.15, 0.2) is 0 Å². The molecule has 1 aliphatic carbocycles. The normalized spacial score (nSPS) is 16.0. The van der Waals surface area contributed by atoms with Crippen LogP contribution in [0, 0.1) is 11.3 Å². The van der Waals surface area contributed by atoms with Crippen molar-refractivity contribution in [1.82, 2.24) is 5.32 Å². The summed E-state index contributed by atoms with van der Waals surface area (Å²) in [4.78, 5) is 24.4. The number of rotatable bonds is 5. The molecule has 1 aliphatic rings. The number of hydrogen-bond acceptors (Lipinski definition) is 3. The van der Waals surface area contributed by atoms with E-state index in [1.54, 1.807) is 24.3 Å². The minimum Gasteiger partial charge on any atom is -0.350 e. The lowest BCUT2D eigenvalue weighted by atomic mass is 9.95. The summed E-state index contributed by atoms with van der Waals surface area (Å²) in [5.41, 5.74) is 6.47. The Morgan fingerprint density at radius 1 is 1.27 bits per heavy atom. The summed E-state index contributed by atoms with van der Waals surface area (Å²) in [5.74, 6) is 0.208. The lowest BCUT2D eigenvalue weighted by Crippen LogP contribution is -2.39. The third-order valence-electron chi connectivity index (χ3n) is 3.83. The number of para-hydroxylation sites is 1. The smallest absolute Gasteiger partial charge is 0.253 e. The number of amides is 2. The standard InChI is InChI=1S/C17H25N3O2/c1-17(2,3)16(22)20-14-7-5-4-6-12(14)15(21)19-10-13(18)11-8-9-11/h4-7,11,13H,8-10,18H2,1-3H3,(H,19,21)(H,20,22). The van der Waals surface area contributed by atoms with Crippen molar-refractivity contribution in [3.8, 4) is 0 Å². The number of carbonyl (C=O) groups is 2. The van der Waals surface area contributed by atoms with Crippen LogP contribution in [0.4, 0.5) is 5.69 Å². The zero-order valence-corrected chi connectivity index (χ0v) is 13.5. The maximum atomic E-state index is 12.3. The fourth-order valence-electron chi connectivity index (χ4n) is 2.10. The lowest BCUT2D eigenvalue weighted by Gasteiger charge is -2.19. The fourth-order valence-corrected chi connectivity index (χ4v) is 2.10. The largest absolute Gasteiger partial charge is 0.350 e. The number of anilines is 1. The molecule has 1 saturated carbocycles. The van der Waals surface area contributed by atoms with Gasteiger partial charge < -0.3 is 16.4 Å². The van der Waals surface area contributed by atoms with Gasteiger partial charge in [-0.3, -0.25) is 9.59 Å². The predicted octanol–water partition coefficient (Wildman–Crippen LogP) is 2.14. The Balaban J connectivity index is 2.03. The molecule has 0 aromatic heterocycles. The van der Waals surface area contributed by atoms with Crippen LogP contribution >= 0.6 is 0 Å². The van der Waals surface area contributed by atoms with Crippen molar-refractivity contribution in [1.29, 1.82) is 0 Å². The number of carbonyl (C=O) groups excluding carboxylic acids is 2. The fraction of sp³-hybridized carbons (Fsp3) is 0.529. The minimum absolute atomic E-state index is 0.0141. The first kappa shape index (κ1) is 16.5. The average Bonchev–Trinajstić information content (AvgIpc) is 3.28. The molecule has 4 N–H and O–H groups in total. The Morgan fingerprint density at radius 2 is 1.91 bits per heavy atom. The molecule has 2 rings (SSSR count). The van der Waals surface area contributed by atoms with Crippen molar-refractivity contribution < 1.29 is 9.59 Å². The van der Waals surface area contributed by atoms with E-state index >= 15 is 0 Å². The van der Waals surface area contributed by atoms with E-state index in [1.165, 1.54) is 0 Å². The molecule has 5 nitrogen and oxygen atoms in total. The summed E-state index contributed by atoms with van der Waals surface area (Å²) < 4.78 is 0. The topological polar surface area (TPSA) is 84.2 Å². The quantitative estimate of drug-likeness (QED) is 0.779. The molecule has 0 saturated heterocycles. The van der Waals surface area contributed by atoms with Gasteiger partial charge in [-0.15, -0.1) is 0 Å². The molecule has 2 amide bonds. The molecule has 1 unspecified atom stereocenters. The number of benzene rings is 1. The molecule has 0 bridgehead atoms. The van der Waals surface area contributed by atoms with Gasteiger partial charge in [0.05, 0.1) is 11.3 Å². The molecule has 22 heavy (non-hydrogen) atoms. The van der Waals surface area contributed by atoms with Crippen LogP contribution in [0.3, 0.4) is 0 Å². The van der Waals surface area contributed by atoms with E-state index in [0.717, 1.165) is 12.8 Å². The highest BCUT2D eigenvalue weighted by Gasteiger charge is 2.29. The van der Waals surface area contributed by atoms with Crippen LogP contribution in [0.1, 0.15) is 44.0 Å². The first-order valence-electron chi connectivity index (χ1n) is 7.73. The summed E-state index contributed by atoms with van der Waals surface area (Å²) in [6.07, 6.45) is 2.30. The summed E-state index contributed by atoms with van der Waals surface area (Å²) >= 11 is 0. The van der Waals surface area contributed by atoms with Gasteiger partial charge in [-0.2, -0.15) is 0 Å². The van der Waals surface area contributed by atoms with Gasteiger partial charge in [-0.05, 0) is 30.9 Å². The first-order valence-corrected chi connectivity index (χ1v) is 7.73. The Morgan fingerprint density at radius 3 is 2.50 bits per heavy atom. The van der Waals surface area contributed by atoms with Crippen LogP contribution in [0.2, 0.25) is 0 Å². The van der Waals surface area contributed by atoms with Gasteiger partial charge in [0.25, 0.3) is 5.91 Å². The SMILES string of the molecule is CC(C)(C)C(=O)Nc1ccccc1C(=O)NCC(N)C1CC1. The van der Waals surface area contributed by atoms with Gasteiger partial charge >= 0.3 is 0 Å². The van der Waals surface area contributed by atoms with Crippen molar-refractivity contribution in [3.63, 3.8) is 0 Å². The summed E-state index contributed by atoms with van der Waals surface area (Å²) in [7, 11) is 0. The molecule has 0 aliphatic heterocycles. The lowest BCUT2D eigenvalue weighted by molar-refractivity contribution is -0.123. The van der Waals surface area contributed by atoms with E-state index in [1.807, 2.05) is 20.8 Å². The van der Waals surface area contributed by atoms with E-state index in [9.17, 15) is 9.59 Å². The highest BCUT2D eigenvalue weighted by molar-refractivity contribution is 6.04. The monoisotopic (exact) mass is 303 g/mol. The van der Waals surface area contributed by atoms with Crippen molar-refractivity contribution in [2.75, 3.05) is 11.9 Å². The zero-order valence-electron chi connectivity index (χ0n) is 13.5. The van der Waals surface area contributed by atoms with Crippen LogP contribution in [0.25, 0.3) is 0 Å². The zero-order chi connectivity index (χ0) is 16.3. The molecule has 1 aromatic rings. The molecule has 5 heteroatoms. The van der Waals surface area contributed by atoms with E-state index in [0.29, 0.717) is 23.7 Å². The highest BCUT2D eigenvalue weighted by atomic mass is 16.2. The second-order valence-corrected chi connectivity index (χ2v) is 6.96. The van der Waals surface area contributed by atoms with E-state index in [-0.39, 0.29) is 17.9 Å². The van der Waals surface area contributed by atoms with Gasteiger partial charge in [0.2, 0.25) is 5.91 Å². The third-order valence-corrected chi connectivity index (χ3v) is 3.83. The maximum Gasteiger partial charge on any atom is 0.253 e. The molecular formula is C17H25N3O2. The van der Waals surface area contributed by atoms with E-state index in [2.05, 4.69) is 10.6 Å². The van der Waals surface area contributed by atoms with Crippen molar-refractivity contribution in [3.05, 3.63) is 29.8 Å². The first-order chi connectivity index (χ1) is 10.3. The van der Waals surface area contributed by atoms with Crippen molar-refractivity contribution >= 4 is 17.5 Å². The second kappa shape index (κ2) is 6.48. The Labute approximate surface area is 131 Å². The average molecular weight is 303 g/mol. The van der Waals surface area contributed by atoms with Crippen LogP contribution < -0.4 is 16.4 Å². The Kier molecular flexibility index (Phi) is 4.86. The third kappa shape index (κ3) is 4.31. The van der Waals surface area contributed by atoms with Gasteiger partial charge in [0, 0.05) is 18.0 Å². The number of nitrogens with one attached hydrogen (secondary N) is 2. The number of nitrogens with two attached hydrogens (primary N) is 1. The van der Waals surface area contributed by atoms with E-state index in [4.69, 9.17) is 5.73 Å². The minimum atomic E-state index is -0.516. The number of hydrogen-bond donors (Lipinski definition) is 3. The molecular weight excluding hydrogens is 278 g/mol. The summed E-state index contributed by atoms with van der Waals surface area (Å²) in [5, 5.41) is 5.68. The van der Waals surface area contributed by atoms with Crippen LogP contribution in [-0.4, -0.2) is 24.4 Å². The highest BCUT2D eigenvalue weighted by Crippen LogP contribution is 2.31. The van der Waals surface area contributed by atoms with Crippen molar-refractivity contribution in [2.45, 2.75) is 39.7 Å². The molecule has 0 heterocycles. The maximum absolute atomic E-state index is 12.3. The summed E-state index contributed by atoms with van der Waals surface area (Å²) in [6.45, 7) is 5.96. The Bertz CT molecular complexity index is 559. The molecule has 1 aromatic carbocycles. The van der Waals surface area contributed by atoms with Crippen molar-refractivity contribution in [2.24, 2.45) is 17.1 Å². The van der Waals surface area contributed by atoms with Gasteiger partial charge in [0.1, 0.15) is 0 Å². The molecule has 120 valence electrons. The van der Waals surface area contributed by atoms with Gasteiger partial charge in [-0.25, -0.2) is 0 Å².